The van der Waals surface area contributed by atoms with Gasteiger partial charge in [-0.2, -0.15) is 5.26 Å². The summed E-state index contributed by atoms with van der Waals surface area (Å²) in [7, 11) is 5.26. The van der Waals surface area contributed by atoms with Crippen molar-refractivity contribution in [2.45, 2.75) is 0 Å². The van der Waals surface area contributed by atoms with E-state index in [2.05, 4.69) is 27.0 Å². The zero-order valence-corrected chi connectivity index (χ0v) is 17.4. The van der Waals surface area contributed by atoms with E-state index in [1.165, 1.54) is 0 Å². The number of rotatable bonds is 5. The smallest absolute Gasteiger partial charge is 0.245 e. The number of fused-ring (bicyclic) bond motifs is 1. The molecule has 0 spiro atoms. The van der Waals surface area contributed by atoms with Gasteiger partial charge in [0, 0.05) is 39.6 Å². The van der Waals surface area contributed by atoms with E-state index in [4.69, 9.17) is 4.74 Å². The van der Waals surface area contributed by atoms with Gasteiger partial charge in [-0.15, -0.1) is 0 Å². The molecule has 0 unspecified atom stereocenters. The minimum atomic E-state index is -0.0696. The van der Waals surface area contributed by atoms with Crippen molar-refractivity contribution in [3.8, 4) is 11.8 Å². The summed E-state index contributed by atoms with van der Waals surface area (Å²) in [5, 5.41) is 10.6. The lowest BCUT2D eigenvalue weighted by Crippen LogP contribution is -2.25. The lowest BCUT2D eigenvalue weighted by molar-refractivity contribution is 0.0882. The molecule has 0 atom stereocenters. The fraction of sp³-hybridized carbons (Fsp3) is 0.190. The molecule has 2 aromatic heterocycles. The summed E-state index contributed by atoms with van der Waals surface area (Å²) in [6.45, 7) is 0.265. The largest absolute Gasteiger partial charge is 0.496 e. The molecule has 0 fully saturated rings. The number of carbonyl (C=O) groups is 1. The molecule has 3 aromatic rings. The highest BCUT2D eigenvalue weighted by Crippen LogP contribution is 2.32. The van der Waals surface area contributed by atoms with Crippen LogP contribution in [0.2, 0.25) is 0 Å². The quantitative estimate of drug-likeness (QED) is 0.561. The van der Waals surface area contributed by atoms with Crippen LogP contribution in [0.1, 0.15) is 15.9 Å². The Morgan fingerprint density at radius 2 is 2.18 bits per heavy atom. The zero-order valence-electron chi connectivity index (χ0n) is 15.8. The number of nitrogens with zero attached hydrogens (tertiary/aromatic N) is 4. The number of ether oxygens (including phenoxy) is 1. The van der Waals surface area contributed by atoms with E-state index in [9.17, 15) is 10.1 Å². The molecule has 1 aromatic carbocycles. The molecule has 0 aliphatic rings. The molecule has 0 N–H and O–H groups in total. The maximum absolute atomic E-state index is 12.7. The Morgan fingerprint density at radius 3 is 2.86 bits per heavy atom. The molecule has 0 radical (unpaired) electrons. The van der Waals surface area contributed by atoms with Gasteiger partial charge in [0.2, 0.25) is 5.91 Å². The number of aromatic nitrogens is 2. The zero-order chi connectivity index (χ0) is 20.3. The van der Waals surface area contributed by atoms with Crippen LogP contribution >= 0.6 is 15.9 Å². The molecule has 3 rings (SSSR count). The number of halogens is 1. The van der Waals surface area contributed by atoms with E-state index in [1.54, 1.807) is 42.4 Å². The first kappa shape index (κ1) is 19.8. The Bertz CT molecular complexity index is 1110. The number of likely N-dealkylation sites (N-methyl/N-ethyl adjacent to an activating group) is 1. The van der Waals surface area contributed by atoms with Crippen molar-refractivity contribution >= 4 is 44.4 Å². The van der Waals surface area contributed by atoms with Gasteiger partial charge in [0.1, 0.15) is 5.75 Å². The number of pyridine rings is 1. The predicted molar refractivity (Wildman–Crippen MR) is 113 cm³/mol. The third-order valence-electron chi connectivity index (χ3n) is 4.23. The lowest BCUT2D eigenvalue weighted by atomic mass is 10.0. The third-order valence-corrected chi connectivity index (χ3v) is 4.72. The highest BCUT2D eigenvalue weighted by molar-refractivity contribution is 9.10. The fourth-order valence-electron chi connectivity index (χ4n) is 2.98. The Kier molecular flexibility index (Phi) is 5.93. The van der Waals surface area contributed by atoms with E-state index in [1.807, 2.05) is 37.2 Å². The van der Waals surface area contributed by atoms with Gasteiger partial charge in [0.25, 0.3) is 0 Å². The SMILES string of the molecule is COc1ccncc1C=C(C#N)c1cn(C(=O)CN(C)C)c2ccc(Br)cc12. The summed E-state index contributed by atoms with van der Waals surface area (Å²) in [6.07, 6.45) is 6.72. The average Bonchev–Trinajstić information content (AvgIpc) is 3.04. The van der Waals surface area contributed by atoms with Crippen molar-refractivity contribution in [3.05, 3.63) is 58.5 Å². The Balaban J connectivity index is 2.21. The highest BCUT2D eigenvalue weighted by Gasteiger charge is 2.17. The molecule has 0 saturated heterocycles. The molecule has 28 heavy (non-hydrogen) atoms. The molecule has 0 aliphatic carbocycles. The van der Waals surface area contributed by atoms with Crippen molar-refractivity contribution in [3.63, 3.8) is 0 Å². The molecule has 0 aliphatic heterocycles. The van der Waals surface area contributed by atoms with E-state index in [0.29, 0.717) is 22.4 Å². The second-order valence-electron chi connectivity index (χ2n) is 6.49. The van der Waals surface area contributed by atoms with Gasteiger partial charge in [0.15, 0.2) is 0 Å². The first-order chi connectivity index (χ1) is 13.4. The van der Waals surface area contributed by atoms with Gasteiger partial charge in [-0.3, -0.25) is 14.3 Å². The van der Waals surface area contributed by atoms with Gasteiger partial charge in [-0.25, -0.2) is 0 Å². The van der Waals surface area contributed by atoms with Crippen LogP contribution in [0.15, 0.2) is 47.3 Å². The predicted octanol–water partition coefficient (Wildman–Crippen LogP) is 4.07. The first-order valence-electron chi connectivity index (χ1n) is 8.53. The molecular weight excluding hydrogens is 420 g/mol. The van der Waals surface area contributed by atoms with Crippen LogP contribution in [0.25, 0.3) is 22.6 Å². The summed E-state index contributed by atoms with van der Waals surface area (Å²) in [5.41, 5.74) is 2.55. The van der Waals surface area contributed by atoms with E-state index >= 15 is 0 Å². The van der Waals surface area contributed by atoms with Crippen LogP contribution in [-0.2, 0) is 0 Å². The molecule has 0 amide bonds. The number of benzene rings is 1. The maximum atomic E-state index is 12.7. The number of carbonyl (C=O) groups excluding carboxylic acids is 1. The molecule has 2 heterocycles. The number of nitriles is 1. The number of hydrogen-bond donors (Lipinski definition) is 0. The van der Waals surface area contributed by atoms with Crippen LogP contribution in [0.4, 0.5) is 0 Å². The van der Waals surface area contributed by atoms with Crippen molar-refractivity contribution in [2.75, 3.05) is 27.7 Å². The van der Waals surface area contributed by atoms with Crippen LogP contribution in [0, 0.1) is 11.3 Å². The molecular formula is C21H19BrN4O2. The average molecular weight is 439 g/mol. The summed E-state index contributed by atoms with van der Waals surface area (Å²) in [6, 6.07) is 9.65. The Morgan fingerprint density at radius 1 is 1.39 bits per heavy atom. The minimum absolute atomic E-state index is 0.0696. The van der Waals surface area contributed by atoms with Crippen molar-refractivity contribution in [1.29, 1.82) is 5.26 Å². The Hall–Kier alpha value is -2.95. The number of methoxy groups -OCH3 is 1. The van der Waals surface area contributed by atoms with Crippen molar-refractivity contribution in [2.24, 2.45) is 0 Å². The molecule has 142 valence electrons. The van der Waals surface area contributed by atoms with Crippen LogP contribution in [0.5, 0.6) is 5.75 Å². The van der Waals surface area contributed by atoms with Gasteiger partial charge >= 0.3 is 0 Å². The van der Waals surface area contributed by atoms with Crippen LogP contribution in [-0.4, -0.2) is 48.1 Å². The summed E-state index contributed by atoms with van der Waals surface area (Å²) in [5.74, 6) is 0.552. The number of hydrogen-bond acceptors (Lipinski definition) is 5. The molecule has 0 bridgehead atoms. The lowest BCUT2D eigenvalue weighted by Gasteiger charge is -2.09. The Labute approximate surface area is 171 Å². The van der Waals surface area contributed by atoms with E-state index in [-0.39, 0.29) is 12.5 Å². The standard InChI is InChI=1S/C21H19BrN4O2/c1-25(2)13-21(27)26-12-18(17-9-16(22)4-5-19(17)26)14(10-23)8-15-11-24-7-6-20(15)28-3/h4-9,11-12H,13H2,1-3H3. The minimum Gasteiger partial charge on any atom is -0.496 e. The summed E-state index contributed by atoms with van der Waals surface area (Å²) in [4.78, 5) is 18.6. The molecule has 0 saturated carbocycles. The van der Waals surface area contributed by atoms with E-state index in [0.717, 1.165) is 15.4 Å². The van der Waals surface area contributed by atoms with Crippen molar-refractivity contribution < 1.29 is 9.53 Å². The summed E-state index contributed by atoms with van der Waals surface area (Å²) < 4.78 is 7.82. The van der Waals surface area contributed by atoms with Gasteiger partial charge in [-0.1, -0.05) is 15.9 Å². The maximum Gasteiger partial charge on any atom is 0.245 e. The van der Waals surface area contributed by atoms with Crippen LogP contribution < -0.4 is 4.74 Å². The molecule has 6 nitrogen and oxygen atoms in total. The second kappa shape index (κ2) is 8.38. The monoisotopic (exact) mass is 438 g/mol. The summed E-state index contributed by atoms with van der Waals surface area (Å²) >= 11 is 3.48. The number of allylic oxidation sites excluding steroid dienone is 1. The second-order valence-corrected chi connectivity index (χ2v) is 7.41. The topological polar surface area (TPSA) is 71.1 Å². The first-order valence-corrected chi connectivity index (χ1v) is 9.32. The van der Waals surface area contributed by atoms with E-state index < -0.39 is 0 Å². The van der Waals surface area contributed by atoms with Crippen molar-refractivity contribution in [1.82, 2.24) is 14.5 Å². The fourth-order valence-corrected chi connectivity index (χ4v) is 3.34. The van der Waals surface area contributed by atoms with Gasteiger partial charge in [0.05, 0.1) is 30.8 Å². The van der Waals surface area contributed by atoms with Crippen LogP contribution in [0.3, 0.4) is 0 Å². The van der Waals surface area contributed by atoms with Gasteiger partial charge in [-0.05, 0) is 44.4 Å². The molecule has 7 heteroatoms. The van der Waals surface area contributed by atoms with Gasteiger partial charge < -0.3 is 9.64 Å². The highest BCUT2D eigenvalue weighted by atomic mass is 79.9. The third kappa shape index (κ3) is 3.98. The normalized spacial score (nSPS) is 11.6.